The number of nitrogens with zero attached hydrogens (tertiary/aromatic N) is 3. The Bertz CT molecular complexity index is 681. The molecule has 2 aromatic heterocycles. The van der Waals surface area contributed by atoms with Crippen molar-refractivity contribution in [3.63, 3.8) is 0 Å². The SMILES string of the molecule is CC[C@@H](CN)CC1CC1(C(=O)O)c1cn(-c2ccccn2)cn1. The second-order valence-electron chi connectivity index (χ2n) is 6.28. The lowest BCUT2D eigenvalue weighted by atomic mass is 9.92. The molecule has 0 spiro atoms. The van der Waals surface area contributed by atoms with Crippen molar-refractivity contribution in [3.05, 3.63) is 42.6 Å². The van der Waals surface area contributed by atoms with E-state index in [9.17, 15) is 9.90 Å². The Morgan fingerprint density at radius 2 is 2.35 bits per heavy atom. The van der Waals surface area contributed by atoms with Gasteiger partial charge in [0.2, 0.25) is 0 Å². The molecule has 2 unspecified atom stereocenters. The van der Waals surface area contributed by atoms with Gasteiger partial charge in [-0.05, 0) is 43.4 Å². The van der Waals surface area contributed by atoms with Crippen molar-refractivity contribution in [1.82, 2.24) is 14.5 Å². The molecule has 0 amide bonds. The summed E-state index contributed by atoms with van der Waals surface area (Å²) >= 11 is 0. The Morgan fingerprint density at radius 3 is 2.96 bits per heavy atom. The van der Waals surface area contributed by atoms with Gasteiger partial charge in [0, 0.05) is 12.4 Å². The largest absolute Gasteiger partial charge is 0.481 e. The van der Waals surface area contributed by atoms with Crippen molar-refractivity contribution in [2.45, 2.75) is 31.6 Å². The Morgan fingerprint density at radius 1 is 1.52 bits per heavy atom. The molecule has 0 aliphatic heterocycles. The van der Waals surface area contributed by atoms with E-state index in [1.165, 1.54) is 0 Å². The van der Waals surface area contributed by atoms with Crippen LogP contribution in [0, 0.1) is 11.8 Å². The standard InChI is InChI=1S/C17H22N4O2/c1-2-12(9-18)7-13-8-17(13,16(22)23)14-10-21(11-20-14)15-5-3-4-6-19-15/h3-6,10-13H,2,7-9,18H2,1H3,(H,22,23)/t12-,13?,17?/m1/s1. The first-order chi connectivity index (χ1) is 11.1. The lowest BCUT2D eigenvalue weighted by molar-refractivity contribution is -0.140. The van der Waals surface area contributed by atoms with Gasteiger partial charge in [-0.15, -0.1) is 0 Å². The smallest absolute Gasteiger partial charge is 0.316 e. The molecule has 23 heavy (non-hydrogen) atoms. The van der Waals surface area contributed by atoms with Gasteiger partial charge >= 0.3 is 5.97 Å². The van der Waals surface area contributed by atoms with Crippen LogP contribution in [-0.2, 0) is 10.2 Å². The van der Waals surface area contributed by atoms with Crippen LogP contribution in [0.15, 0.2) is 36.9 Å². The van der Waals surface area contributed by atoms with Crippen LogP contribution in [0.3, 0.4) is 0 Å². The van der Waals surface area contributed by atoms with Crippen molar-refractivity contribution in [1.29, 1.82) is 0 Å². The van der Waals surface area contributed by atoms with Gasteiger partial charge in [-0.3, -0.25) is 9.36 Å². The summed E-state index contributed by atoms with van der Waals surface area (Å²) in [4.78, 5) is 20.5. The van der Waals surface area contributed by atoms with E-state index >= 15 is 0 Å². The number of hydrogen-bond acceptors (Lipinski definition) is 4. The monoisotopic (exact) mass is 314 g/mol. The zero-order valence-corrected chi connectivity index (χ0v) is 13.2. The first-order valence-corrected chi connectivity index (χ1v) is 8.01. The van der Waals surface area contributed by atoms with E-state index < -0.39 is 11.4 Å². The van der Waals surface area contributed by atoms with Gasteiger partial charge < -0.3 is 10.8 Å². The van der Waals surface area contributed by atoms with Crippen molar-refractivity contribution >= 4 is 5.97 Å². The Kier molecular flexibility index (Phi) is 4.17. The molecular formula is C17H22N4O2. The minimum absolute atomic E-state index is 0.112. The Labute approximate surface area is 135 Å². The third-order valence-electron chi connectivity index (χ3n) is 4.97. The van der Waals surface area contributed by atoms with Crippen LogP contribution in [0.2, 0.25) is 0 Å². The highest BCUT2D eigenvalue weighted by molar-refractivity contribution is 5.85. The molecule has 6 heteroatoms. The van der Waals surface area contributed by atoms with Crippen molar-refractivity contribution < 1.29 is 9.90 Å². The summed E-state index contributed by atoms with van der Waals surface area (Å²) in [6.45, 7) is 2.70. The van der Waals surface area contributed by atoms with Gasteiger partial charge in [0.1, 0.15) is 17.6 Å². The van der Waals surface area contributed by atoms with E-state index in [1.54, 1.807) is 23.3 Å². The van der Waals surface area contributed by atoms with E-state index in [1.807, 2.05) is 18.2 Å². The lowest BCUT2D eigenvalue weighted by Crippen LogP contribution is -2.25. The average molecular weight is 314 g/mol. The molecule has 0 aromatic carbocycles. The number of aromatic nitrogens is 3. The van der Waals surface area contributed by atoms with Crippen molar-refractivity contribution in [3.8, 4) is 5.82 Å². The molecule has 3 N–H and O–H groups in total. The highest BCUT2D eigenvalue weighted by atomic mass is 16.4. The van der Waals surface area contributed by atoms with Gasteiger partial charge in [-0.1, -0.05) is 19.4 Å². The molecular weight excluding hydrogens is 292 g/mol. The molecule has 3 atom stereocenters. The second-order valence-corrected chi connectivity index (χ2v) is 6.28. The molecule has 1 saturated carbocycles. The van der Waals surface area contributed by atoms with Crippen LogP contribution >= 0.6 is 0 Å². The normalized spacial score (nSPS) is 24.3. The molecule has 0 bridgehead atoms. The molecule has 0 radical (unpaired) electrons. The maximum Gasteiger partial charge on any atom is 0.316 e. The number of rotatable bonds is 7. The van der Waals surface area contributed by atoms with Crippen molar-refractivity contribution in [2.24, 2.45) is 17.6 Å². The number of carboxylic acid groups (broad SMARTS) is 1. The quantitative estimate of drug-likeness (QED) is 0.815. The molecule has 2 aromatic rings. The van der Waals surface area contributed by atoms with Gasteiger partial charge in [0.05, 0.1) is 5.69 Å². The lowest BCUT2D eigenvalue weighted by Gasteiger charge is -2.14. The van der Waals surface area contributed by atoms with E-state index in [0.717, 1.165) is 18.7 Å². The topological polar surface area (TPSA) is 94.0 Å². The molecule has 0 saturated heterocycles. The van der Waals surface area contributed by atoms with Crippen LogP contribution in [0.4, 0.5) is 0 Å². The molecule has 1 aliphatic carbocycles. The van der Waals surface area contributed by atoms with E-state index in [0.29, 0.717) is 24.6 Å². The van der Waals surface area contributed by atoms with Crippen LogP contribution in [0.25, 0.3) is 5.82 Å². The van der Waals surface area contributed by atoms with Gasteiger partial charge in [0.15, 0.2) is 0 Å². The zero-order chi connectivity index (χ0) is 16.4. The fourth-order valence-electron chi connectivity index (χ4n) is 3.32. The molecule has 2 heterocycles. The Balaban J connectivity index is 1.84. The van der Waals surface area contributed by atoms with Gasteiger partial charge in [0.25, 0.3) is 0 Å². The fraction of sp³-hybridized carbons (Fsp3) is 0.471. The van der Waals surface area contributed by atoms with Crippen LogP contribution in [0.5, 0.6) is 0 Å². The summed E-state index contributed by atoms with van der Waals surface area (Å²) in [5.74, 6) is 0.428. The summed E-state index contributed by atoms with van der Waals surface area (Å²) in [5, 5.41) is 9.77. The van der Waals surface area contributed by atoms with Gasteiger partial charge in [-0.2, -0.15) is 0 Å². The zero-order valence-electron chi connectivity index (χ0n) is 13.2. The molecule has 1 aliphatic rings. The maximum atomic E-state index is 11.9. The van der Waals surface area contributed by atoms with E-state index in [-0.39, 0.29) is 5.92 Å². The first-order valence-electron chi connectivity index (χ1n) is 8.01. The third-order valence-corrected chi connectivity index (χ3v) is 4.97. The predicted molar refractivity (Wildman–Crippen MR) is 86.2 cm³/mol. The summed E-state index contributed by atoms with van der Waals surface area (Å²) in [6.07, 6.45) is 7.59. The van der Waals surface area contributed by atoms with E-state index in [4.69, 9.17) is 5.73 Å². The number of carbonyl (C=O) groups is 1. The van der Waals surface area contributed by atoms with Gasteiger partial charge in [-0.25, -0.2) is 9.97 Å². The summed E-state index contributed by atoms with van der Waals surface area (Å²) in [7, 11) is 0. The average Bonchev–Trinajstić information content (AvgIpc) is 3.09. The minimum Gasteiger partial charge on any atom is -0.481 e. The fourth-order valence-corrected chi connectivity index (χ4v) is 3.32. The van der Waals surface area contributed by atoms with Crippen LogP contribution < -0.4 is 5.73 Å². The number of aliphatic carboxylic acids is 1. The van der Waals surface area contributed by atoms with E-state index in [2.05, 4.69) is 16.9 Å². The highest BCUT2D eigenvalue weighted by Crippen LogP contribution is 2.57. The van der Waals surface area contributed by atoms with Crippen LogP contribution in [-0.4, -0.2) is 32.2 Å². The number of nitrogens with two attached hydrogens (primary N) is 1. The number of pyridine rings is 1. The summed E-state index contributed by atoms with van der Waals surface area (Å²) in [6, 6.07) is 5.60. The Hall–Kier alpha value is -2.21. The summed E-state index contributed by atoms with van der Waals surface area (Å²) < 4.78 is 1.77. The molecule has 3 rings (SSSR count). The number of carboxylic acids is 1. The molecule has 6 nitrogen and oxygen atoms in total. The van der Waals surface area contributed by atoms with Crippen molar-refractivity contribution in [2.75, 3.05) is 6.54 Å². The molecule has 122 valence electrons. The maximum absolute atomic E-state index is 11.9. The molecule has 1 fully saturated rings. The predicted octanol–water partition coefficient (Wildman–Crippen LogP) is 1.98. The first kappa shape index (κ1) is 15.7. The number of hydrogen-bond donors (Lipinski definition) is 2. The van der Waals surface area contributed by atoms with Crippen LogP contribution in [0.1, 0.15) is 31.9 Å². The minimum atomic E-state index is -0.859. The summed E-state index contributed by atoms with van der Waals surface area (Å²) in [5.41, 5.74) is 5.53. The third kappa shape index (κ3) is 2.74. The highest BCUT2D eigenvalue weighted by Gasteiger charge is 2.63. The second kappa shape index (κ2) is 6.12. The number of imidazole rings is 1.